The van der Waals surface area contributed by atoms with Crippen LogP contribution in [0.15, 0.2) is 12.2 Å². The van der Waals surface area contributed by atoms with Gasteiger partial charge in [0.15, 0.2) is 0 Å². The Morgan fingerprint density at radius 2 is 2.17 bits per heavy atom. The van der Waals surface area contributed by atoms with Gasteiger partial charge in [-0.2, -0.15) is 0 Å². The second-order valence-electron chi connectivity index (χ2n) is 1.18. The minimum absolute atomic E-state index is 0.609. The first kappa shape index (κ1) is 5.41. The van der Waals surface area contributed by atoms with Gasteiger partial charge in [0, 0.05) is 5.71 Å². The quantitative estimate of drug-likeness (QED) is 0.465. The van der Waals surface area contributed by atoms with E-state index in [1.165, 1.54) is 0 Å². The van der Waals surface area contributed by atoms with Crippen molar-refractivity contribution in [2.24, 2.45) is 0 Å². The lowest BCUT2D eigenvalue weighted by molar-refractivity contribution is 1.49. The third-order valence-electron chi connectivity index (χ3n) is 0.417. The highest BCUT2D eigenvalue weighted by atomic mass is 14.4. The molecule has 0 aliphatic rings. The summed E-state index contributed by atoms with van der Waals surface area (Å²) in [5.74, 6) is 0. The fraction of sp³-hybridized carbons (Fsp3) is 0.400. The maximum absolute atomic E-state index is 6.81. The fourth-order valence-corrected chi connectivity index (χ4v) is 0.250. The van der Waals surface area contributed by atoms with Crippen molar-refractivity contribution in [2.45, 2.75) is 13.8 Å². The lowest BCUT2D eigenvalue weighted by Crippen LogP contribution is -1.74. The minimum atomic E-state index is 0.609. The molecule has 0 rings (SSSR count). The average molecular weight is 83.1 g/mol. The first-order valence-corrected chi connectivity index (χ1v) is 1.95. The molecule has 6 heavy (non-hydrogen) atoms. The van der Waals surface area contributed by atoms with Crippen molar-refractivity contribution in [3.8, 4) is 0 Å². The Kier molecular flexibility index (Phi) is 2.38. The highest BCUT2D eigenvalue weighted by molar-refractivity contribution is 5.89. The van der Waals surface area contributed by atoms with Crippen LogP contribution in [0.1, 0.15) is 13.8 Å². The molecule has 0 radical (unpaired) electrons. The third kappa shape index (κ3) is 3.41. The summed E-state index contributed by atoms with van der Waals surface area (Å²) < 4.78 is 0. The van der Waals surface area contributed by atoms with E-state index in [0.29, 0.717) is 5.71 Å². The largest absolute Gasteiger partial charge is 0.306 e. The molecule has 1 heteroatoms. The van der Waals surface area contributed by atoms with Crippen molar-refractivity contribution in [3.63, 3.8) is 0 Å². The zero-order chi connectivity index (χ0) is 4.99. The van der Waals surface area contributed by atoms with Crippen LogP contribution in [0, 0.1) is 5.41 Å². The lowest BCUT2D eigenvalue weighted by Gasteiger charge is -1.73. The van der Waals surface area contributed by atoms with Crippen molar-refractivity contribution in [1.29, 1.82) is 5.41 Å². The molecule has 0 amide bonds. The van der Waals surface area contributed by atoms with Gasteiger partial charge in [0.1, 0.15) is 0 Å². The summed E-state index contributed by atoms with van der Waals surface area (Å²) in [6.45, 7) is 3.65. The Bertz CT molecular complexity index is 72.0. The molecule has 1 N–H and O–H groups in total. The molecule has 0 aromatic rings. The molecule has 34 valence electrons. The maximum atomic E-state index is 6.81. The molecule has 0 unspecified atom stereocenters. The molecule has 0 heterocycles. The van der Waals surface area contributed by atoms with E-state index < -0.39 is 0 Å². The zero-order valence-corrected chi connectivity index (χ0v) is 4.15. The highest BCUT2D eigenvalue weighted by Gasteiger charge is 1.66. The van der Waals surface area contributed by atoms with E-state index in [1.807, 2.05) is 13.0 Å². The highest BCUT2D eigenvalue weighted by Crippen LogP contribution is 1.70. The Labute approximate surface area is 38.2 Å². The van der Waals surface area contributed by atoms with Gasteiger partial charge in [0.05, 0.1) is 0 Å². The van der Waals surface area contributed by atoms with E-state index in [4.69, 9.17) is 5.41 Å². The number of allylic oxidation sites excluding steroid dienone is 2. The van der Waals surface area contributed by atoms with Crippen molar-refractivity contribution < 1.29 is 0 Å². The molecule has 0 bridgehead atoms. The predicted octanol–water partition coefficient (Wildman–Crippen LogP) is 1.60. The summed E-state index contributed by atoms with van der Waals surface area (Å²) in [5.41, 5.74) is 0.609. The van der Waals surface area contributed by atoms with E-state index in [9.17, 15) is 0 Å². The van der Waals surface area contributed by atoms with Crippen molar-refractivity contribution >= 4 is 5.71 Å². The SMILES string of the molecule is C/C=C/C(C)=N. The summed E-state index contributed by atoms with van der Waals surface area (Å²) in [6.07, 6.45) is 3.60. The number of rotatable bonds is 1. The topological polar surface area (TPSA) is 23.9 Å². The van der Waals surface area contributed by atoms with Gasteiger partial charge in [-0.1, -0.05) is 6.08 Å². The van der Waals surface area contributed by atoms with Gasteiger partial charge < -0.3 is 5.41 Å². The molecule has 0 saturated heterocycles. The van der Waals surface area contributed by atoms with Crippen LogP contribution in [0.5, 0.6) is 0 Å². The smallest absolute Gasteiger partial charge is 0.0279 e. The van der Waals surface area contributed by atoms with Gasteiger partial charge in [0.2, 0.25) is 0 Å². The van der Waals surface area contributed by atoms with Gasteiger partial charge in [-0.15, -0.1) is 0 Å². The first-order chi connectivity index (χ1) is 2.77. The monoisotopic (exact) mass is 83.1 g/mol. The Morgan fingerprint density at radius 3 is 2.17 bits per heavy atom. The summed E-state index contributed by atoms with van der Waals surface area (Å²) >= 11 is 0. The van der Waals surface area contributed by atoms with Gasteiger partial charge in [0.25, 0.3) is 0 Å². The second kappa shape index (κ2) is 2.64. The summed E-state index contributed by atoms with van der Waals surface area (Å²) in [5, 5.41) is 6.81. The lowest BCUT2D eigenvalue weighted by atomic mass is 10.4. The van der Waals surface area contributed by atoms with Crippen LogP contribution in [0.3, 0.4) is 0 Å². The molecule has 0 atom stereocenters. The maximum Gasteiger partial charge on any atom is 0.0279 e. The van der Waals surface area contributed by atoms with Gasteiger partial charge in [-0.3, -0.25) is 0 Å². The van der Waals surface area contributed by atoms with Crippen LogP contribution >= 0.6 is 0 Å². The van der Waals surface area contributed by atoms with Crippen molar-refractivity contribution in [1.82, 2.24) is 0 Å². The Hall–Kier alpha value is -0.590. The summed E-state index contributed by atoms with van der Waals surface area (Å²) in [4.78, 5) is 0. The number of hydrogen-bond acceptors (Lipinski definition) is 1. The van der Waals surface area contributed by atoms with Crippen LogP contribution in [0.2, 0.25) is 0 Å². The first-order valence-electron chi connectivity index (χ1n) is 1.95. The number of nitrogens with one attached hydrogen (secondary N) is 1. The molecule has 0 saturated carbocycles. The van der Waals surface area contributed by atoms with E-state index in [-0.39, 0.29) is 0 Å². The molecule has 0 aromatic heterocycles. The van der Waals surface area contributed by atoms with Crippen LogP contribution < -0.4 is 0 Å². The molecule has 0 aromatic carbocycles. The van der Waals surface area contributed by atoms with Gasteiger partial charge in [-0.05, 0) is 19.9 Å². The predicted molar refractivity (Wildman–Crippen MR) is 28.2 cm³/mol. The van der Waals surface area contributed by atoms with Gasteiger partial charge >= 0.3 is 0 Å². The van der Waals surface area contributed by atoms with E-state index >= 15 is 0 Å². The summed E-state index contributed by atoms with van der Waals surface area (Å²) in [6, 6.07) is 0. The second-order valence-corrected chi connectivity index (χ2v) is 1.18. The molecular formula is C5H9N. The van der Waals surface area contributed by atoms with E-state index in [0.717, 1.165) is 0 Å². The van der Waals surface area contributed by atoms with Crippen LogP contribution in [0.25, 0.3) is 0 Å². The molecule has 0 fully saturated rings. The van der Waals surface area contributed by atoms with Crippen molar-refractivity contribution in [3.05, 3.63) is 12.2 Å². The Balaban J connectivity index is 3.30. The molecular weight excluding hydrogens is 74.1 g/mol. The van der Waals surface area contributed by atoms with Crippen LogP contribution in [-0.2, 0) is 0 Å². The average Bonchev–Trinajstić information content (AvgIpc) is 1.35. The molecule has 1 nitrogen and oxygen atoms in total. The Morgan fingerprint density at radius 1 is 1.67 bits per heavy atom. The molecule has 0 aliphatic carbocycles. The van der Waals surface area contributed by atoms with E-state index in [1.54, 1.807) is 13.0 Å². The third-order valence-corrected chi connectivity index (χ3v) is 0.417. The normalized spacial score (nSPS) is 9.67. The molecule has 0 spiro atoms. The van der Waals surface area contributed by atoms with Crippen molar-refractivity contribution in [2.75, 3.05) is 0 Å². The number of hydrogen-bond donors (Lipinski definition) is 1. The van der Waals surface area contributed by atoms with E-state index in [2.05, 4.69) is 0 Å². The fourth-order valence-electron chi connectivity index (χ4n) is 0.250. The van der Waals surface area contributed by atoms with Gasteiger partial charge in [-0.25, -0.2) is 0 Å². The minimum Gasteiger partial charge on any atom is -0.306 e. The summed E-state index contributed by atoms with van der Waals surface area (Å²) in [7, 11) is 0. The van der Waals surface area contributed by atoms with Crippen LogP contribution in [0.4, 0.5) is 0 Å². The standard InChI is InChI=1S/C5H9N/c1-3-4-5(2)6/h3-4,6H,1-2H3/b4-3+,6-5?. The zero-order valence-electron chi connectivity index (χ0n) is 4.15. The van der Waals surface area contributed by atoms with Crippen LogP contribution in [-0.4, -0.2) is 5.71 Å². The molecule has 0 aliphatic heterocycles.